The van der Waals surface area contributed by atoms with E-state index in [-0.39, 0.29) is 6.61 Å². The van der Waals surface area contributed by atoms with Crippen molar-refractivity contribution in [3.8, 4) is 5.75 Å². The molecule has 3 N–H and O–H groups in total. The van der Waals surface area contributed by atoms with Gasteiger partial charge in [-0.05, 0) is 52.9 Å². The van der Waals surface area contributed by atoms with Gasteiger partial charge in [0, 0.05) is 14.8 Å². The van der Waals surface area contributed by atoms with Gasteiger partial charge in [-0.25, -0.2) is 0 Å². The molecule has 4 heteroatoms. The van der Waals surface area contributed by atoms with Crippen LogP contribution < -0.4 is 10.5 Å². The molecule has 2 rings (SSSR count). The van der Waals surface area contributed by atoms with Crippen LogP contribution in [0.15, 0.2) is 48.5 Å². The summed E-state index contributed by atoms with van der Waals surface area (Å²) >= 11 is 2.23. The molecule has 0 saturated carbocycles. The Labute approximate surface area is 120 Å². The molecule has 0 radical (unpaired) electrons. The lowest BCUT2D eigenvalue weighted by molar-refractivity contribution is 0.109. The molecule has 3 nitrogen and oxygen atoms in total. The molecule has 0 amide bonds. The van der Waals surface area contributed by atoms with Crippen LogP contribution in [0.25, 0.3) is 0 Å². The van der Waals surface area contributed by atoms with Crippen LogP contribution in [-0.2, 0) is 0 Å². The second-order valence-electron chi connectivity index (χ2n) is 3.91. The number of hydrogen-bond acceptors (Lipinski definition) is 3. The molecule has 2 aromatic rings. The predicted octanol–water partition coefficient (Wildman–Crippen LogP) is 2.99. The first-order chi connectivity index (χ1) is 8.66. The van der Waals surface area contributed by atoms with Gasteiger partial charge in [-0.1, -0.05) is 18.2 Å². The lowest BCUT2D eigenvalue weighted by atomic mass is 10.1. The Morgan fingerprint density at radius 3 is 2.44 bits per heavy atom. The number of halogens is 1. The minimum atomic E-state index is -0.717. The molecular weight excluding hydrogens is 341 g/mol. The van der Waals surface area contributed by atoms with Crippen molar-refractivity contribution >= 4 is 28.3 Å². The Morgan fingerprint density at radius 2 is 1.78 bits per heavy atom. The van der Waals surface area contributed by atoms with Crippen LogP contribution in [0, 0.1) is 3.57 Å². The largest absolute Gasteiger partial charge is 0.491 e. The van der Waals surface area contributed by atoms with Crippen LogP contribution in [0.2, 0.25) is 0 Å². The standard InChI is InChI=1S/C14H14INO2/c15-10-5-7-11(8-6-10)18-9-14(17)12-3-1-2-4-13(12)16/h1-8,14,17H,9,16H2. The maximum atomic E-state index is 10.0. The normalized spacial score (nSPS) is 12.1. The summed E-state index contributed by atoms with van der Waals surface area (Å²) in [5.74, 6) is 0.740. The number of nitrogens with two attached hydrogens (primary N) is 1. The summed E-state index contributed by atoms with van der Waals surface area (Å²) in [5, 5.41) is 10.0. The molecule has 0 spiro atoms. The molecule has 0 aromatic heterocycles. The van der Waals surface area contributed by atoms with Gasteiger partial charge < -0.3 is 15.6 Å². The third-order valence-electron chi connectivity index (χ3n) is 2.58. The number of hydrogen-bond donors (Lipinski definition) is 2. The van der Waals surface area contributed by atoms with Crippen molar-refractivity contribution in [3.05, 3.63) is 57.7 Å². The van der Waals surface area contributed by atoms with E-state index in [1.165, 1.54) is 0 Å². The van der Waals surface area contributed by atoms with Crippen molar-refractivity contribution in [2.75, 3.05) is 12.3 Å². The van der Waals surface area contributed by atoms with Crippen molar-refractivity contribution < 1.29 is 9.84 Å². The van der Waals surface area contributed by atoms with E-state index in [1.54, 1.807) is 12.1 Å². The zero-order valence-corrected chi connectivity index (χ0v) is 11.9. The first-order valence-corrected chi connectivity index (χ1v) is 6.65. The van der Waals surface area contributed by atoms with Gasteiger partial charge >= 0.3 is 0 Å². The maximum Gasteiger partial charge on any atom is 0.119 e. The van der Waals surface area contributed by atoms with Crippen LogP contribution in [0.5, 0.6) is 5.75 Å². The number of nitrogen functional groups attached to an aromatic ring is 1. The molecule has 1 atom stereocenters. The number of para-hydroxylation sites is 1. The molecule has 0 aliphatic heterocycles. The lowest BCUT2D eigenvalue weighted by Gasteiger charge is -2.14. The number of aliphatic hydroxyl groups excluding tert-OH is 1. The third-order valence-corrected chi connectivity index (χ3v) is 3.30. The summed E-state index contributed by atoms with van der Waals surface area (Å²) in [4.78, 5) is 0. The smallest absolute Gasteiger partial charge is 0.119 e. The van der Waals surface area contributed by atoms with Crippen molar-refractivity contribution in [1.29, 1.82) is 0 Å². The van der Waals surface area contributed by atoms with Crippen molar-refractivity contribution in [2.24, 2.45) is 0 Å². The Kier molecular flexibility index (Phi) is 4.43. The zero-order chi connectivity index (χ0) is 13.0. The van der Waals surface area contributed by atoms with E-state index in [1.807, 2.05) is 36.4 Å². The first kappa shape index (κ1) is 13.2. The molecule has 0 aliphatic carbocycles. The maximum absolute atomic E-state index is 10.0. The minimum absolute atomic E-state index is 0.189. The van der Waals surface area contributed by atoms with E-state index in [2.05, 4.69) is 22.6 Å². The highest BCUT2D eigenvalue weighted by atomic mass is 127. The fourth-order valence-corrected chi connectivity index (χ4v) is 1.97. The topological polar surface area (TPSA) is 55.5 Å². The molecular formula is C14H14INO2. The van der Waals surface area contributed by atoms with Crippen LogP contribution in [0.4, 0.5) is 5.69 Å². The van der Waals surface area contributed by atoms with E-state index in [0.717, 1.165) is 9.32 Å². The molecule has 0 bridgehead atoms. The SMILES string of the molecule is Nc1ccccc1C(O)COc1ccc(I)cc1. The average Bonchev–Trinajstić information content (AvgIpc) is 2.38. The molecule has 0 saturated heterocycles. The van der Waals surface area contributed by atoms with Crippen LogP contribution in [-0.4, -0.2) is 11.7 Å². The fourth-order valence-electron chi connectivity index (χ4n) is 1.61. The van der Waals surface area contributed by atoms with Gasteiger partial charge in [0.1, 0.15) is 18.5 Å². The summed E-state index contributed by atoms with van der Waals surface area (Å²) in [6.45, 7) is 0.189. The molecule has 0 fully saturated rings. The van der Waals surface area contributed by atoms with Crippen LogP contribution in [0.3, 0.4) is 0 Å². The Hall–Kier alpha value is -1.27. The first-order valence-electron chi connectivity index (χ1n) is 5.57. The van der Waals surface area contributed by atoms with E-state index >= 15 is 0 Å². The molecule has 18 heavy (non-hydrogen) atoms. The fraction of sp³-hybridized carbons (Fsp3) is 0.143. The highest BCUT2D eigenvalue weighted by Crippen LogP contribution is 2.21. The number of rotatable bonds is 4. The van der Waals surface area contributed by atoms with Gasteiger partial charge in [-0.15, -0.1) is 0 Å². The molecule has 94 valence electrons. The number of ether oxygens (including phenoxy) is 1. The van der Waals surface area contributed by atoms with Gasteiger partial charge in [0.25, 0.3) is 0 Å². The highest BCUT2D eigenvalue weighted by molar-refractivity contribution is 14.1. The minimum Gasteiger partial charge on any atom is -0.491 e. The zero-order valence-electron chi connectivity index (χ0n) is 9.71. The van der Waals surface area contributed by atoms with E-state index < -0.39 is 6.10 Å². The van der Waals surface area contributed by atoms with Crippen molar-refractivity contribution in [1.82, 2.24) is 0 Å². The van der Waals surface area contributed by atoms with E-state index in [4.69, 9.17) is 10.5 Å². The summed E-state index contributed by atoms with van der Waals surface area (Å²) in [7, 11) is 0. The average molecular weight is 355 g/mol. The highest BCUT2D eigenvalue weighted by Gasteiger charge is 2.11. The second-order valence-corrected chi connectivity index (χ2v) is 5.16. The predicted molar refractivity (Wildman–Crippen MR) is 80.5 cm³/mol. The van der Waals surface area contributed by atoms with Crippen molar-refractivity contribution in [3.63, 3.8) is 0 Å². The van der Waals surface area contributed by atoms with E-state index in [9.17, 15) is 5.11 Å². The number of anilines is 1. The van der Waals surface area contributed by atoms with E-state index in [0.29, 0.717) is 11.3 Å². The summed E-state index contributed by atoms with van der Waals surface area (Å²) in [5.41, 5.74) is 7.07. The second kappa shape index (κ2) is 6.06. The Bertz CT molecular complexity index is 513. The Morgan fingerprint density at radius 1 is 1.11 bits per heavy atom. The quantitative estimate of drug-likeness (QED) is 0.655. The molecule has 1 unspecified atom stereocenters. The number of benzene rings is 2. The van der Waals surface area contributed by atoms with Gasteiger partial charge in [-0.3, -0.25) is 0 Å². The number of aliphatic hydroxyl groups is 1. The summed E-state index contributed by atoms with van der Waals surface area (Å²) < 4.78 is 6.67. The summed E-state index contributed by atoms with van der Waals surface area (Å²) in [6.07, 6.45) is -0.717. The molecule has 0 heterocycles. The van der Waals surface area contributed by atoms with Crippen LogP contribution >= 0.6 is 22.6 Å². The van der Waals surface area contributed by atoms with Gasteiger partial charge in [-0.2, -0.15) is 0 Å². The van der Waals surface area contributed by atoms with Gasteiger partial charge in [0.05, 0.1) is 0 Å². The van der Waals surface area contributed by atoms with Crippen LogP contribution in [0.1, 0.15) is 11.7 Å². The third kappa shape index (κ3) is 3.36. The van der Waals surface area contributed by atoms with Crippen molar-refractivity contribution in [2.45, 2.75) is 6.10 Å². The Balaban J connectivity index is 1.98. The molecule has 2 aromatic carbocycles. The van der Waals surface area contributed by atoms with Gasteiger partial charge in [0.15, 0.2) is 0 Å². The van der Waals surface area contributed by atoms with Gasteiger partial charge in [0.2, 0.25) is 0 Å². The lowest BCUT2D eigenvalue weighted by Crippen LogP contribution is -2.11. The molecule has 0 aliphatic rings. The summed E-state index contributed by atoms with van der Waals surface area (Å²) in [6, 6.07) is 14.9. The monoisotopic (exact) mass is 355 g/mol.